The van der Waals surface area contributed by atoms with Crippen LogP contribution < -0.4 is 11.1 Å². The summed E-state index contributed by atoms with van der Waals surface area (Å²) in [6.07, 6.45) is 1.17. The first-order chi connectivity index (χ1) is 7.08. The number of carbonyl (C=O) groups is 1. The molecule has 0 aliphatic heterocycles. The molecule has 15 heavy (non-hydrogen) atoms. The van der Waals surface area contributed by atoms with E-state index in [1.165, 1.54) is 12.5 Å². The van der Waals surface area contributed by atoms with E-state index in [9.17, 15) is 4.79 Å². The van der Waals surface area contributed by atoms with E-state index in [1.807, 2.05) is 0 Å². The summed E-state index contributed by atoms with van der Waals surface area (Å²) in [5.74, 6) is -0.288. The minimum atomic E-state index is -0.987. The number of nitrogen functional groups attached to an aromatic ring is 1. The number of carboxylic acid groups (broad SMARTS) is 1. The first-order valence-electron chi connectivity index (χ1n) is 4.97. The Bertz CT molecular complexity index is 404. The lowest BCUT2D eigenvalue weighted by molar-refractivity contribution is 0.0698. The van der Waals surface area contributed by atoms with Crippen LogP contribution in [0.25, 0.3) is 0 Å². The number of aromatic carboxylic acids is 1. The Kier molecular flexibility index (Phi) is 2.26. The minimum absolute atomic E-state index is 0.157. The second-order valence-electron chi connectivity index (χ2n) is 4.07. The number of rotatable bonds is 3. The SMILES string of the molecule is CC1CC1Nc1ccc(C(=O)O)c(N)c1. The van der Waals surface area contributed by atoms with Gasteiger partial charge in [-0.15, -0.1) is 0 Å². The Morgan fingerprint density at radius 1 is 1.60 bits per heavy atom. The van der Waals surface area contributed by atoms with Crippen LogP contribution >= 0.6 is 0 Å². The van der Waals surface area contributed by atoms with Gasteiger partial charge in [0.2, 0.25) is 0 Å². The van der Waals surface area contributed by atoms with Crippen LogP contribution in [0.2, 0.25) is 0 Å². The summed E-state index contributed by atoms with van der Waals surface area (Å²) < 4.78 is 0. The van der Waals surface area contributed by atoms with Crippen LogP contribution in [0.1, 0.15) is 23.7 Å². The van der Waals surface area contributed by atoms with E-state index in [0.717, 1.165) is 5.69 Å². The highest BCUT2D eigenvalue weighted by Gasteiger charge is 2.32. The van der Waals surface area contributed by atoms with Gasteiger partial charge in [-0.05, 0) is 30.5 Å². The molecule has 4 N–H and O–H groups in total. The smallest absolute Gasteiger partial charge is 0.337 e. The molecule has 1 aromatic carbocycles. The molecule has 0 heterocycles. The van der Waals surface area contributed by atoms with Gasteiger partial charge in [0.1, 0.15) is 0 Å². The van der Waals surface area contributed by atoms with Gasteiger partial charge in [0, 0.05) is 17.4 Å². The van der Waals surface area contributed by atoms with E-state index in [2.05, 4.69) is 12.2 Å². The Labute approximate surface area is 88.1 Å². The third-order valence-corrected chi connectivity index (χ3v) is 2.74. The number of hydrogen-bond donors (Lipinski definition) is 3. The summed E-state index contributed by atoms with van der Waals surface area (Å²) >= 11 is 0. The van der Waals surface area contributed by atoms with Crippen LogP contribution in [-0.4, -0.2) is 17.1 Å². The minimum Gasteiger partial charge on any atom is -0.478 e. The first kappa shape index (κ1) is 9.83. The maximum atomic E-state index is 10.7. The monoisotopic (exact) mass is 206 g/mol. The predicted molar refractivity (Wildman–Crippen MR) is 59.0 cm³/mol. The molecule has 80 valence electrons. The normalized spacial score (nSPS) is 23.5. The van der Waals surface area contributed by atoms with E-state index in [1.54, 1.807) is 12.1 Å². The highest BCUT2D eigenvalue weighted by Crippen LogP contribution is 2.33. The van der Waals surface area contributed by atoms with Crippen molar-refractivity contribution >= 4 is 17.3 Å². The summed E-state index contributed by atoms with van der Waals surface area (Å²) in [4.78, 5) is 10.7. The summed E-state index contributed by atoms with van der Waals surface area (Å²) in [5, 5.41) is 12.1. The van der Waals surface area contributed by atoms with E-state index in [-0.39, 0.29) is 5.56 Å². The Morgan fingerprint density at radius 2 is 2.27 bits per heavy atom. The lowest BCUT2D eigenvalue weighted by Crippen LogP contribution is -2.06. The molecule has 1 fully saturated rings. The van der Waals surface area contributed by atoms with Crippen molar-refractivity contribution < 1.29 is 9.90 Å². The van der Waals surface area contributed by atoms with Crippen molar-refractivity contribution in [2.24, 2.45) is 5.92 Å². The van der Waals surface area contributed by atoms with Gasteiger partial charge >= 0.3 is 5.97 Å². The molecule has 4 heteroatoms. The molecule has 1 saturated carbocycles. The lowest BCUT2D eigenvalue weighted by Gasteiger charge is -2.07. The van der Waals surface area contributed by atoms with Gasteiger partial charge in [-0.25, -0.2) is 4.79 Å². The number of nitrogens with two attached hydrogens (primary N) is 1. The lowest BCUT2D eigenvalue weighted by atomic mass is 10.1. The van der Waals surface area contributed by atoms with E-state index >= 15 is 0 Å². The maximum Gasteiger partial charge on any atom is 0.337 e. The van der Waals surface area contributed by atoms with Crippen LogP contribution in [0.4, 0.5) is 11.4 Å². The number of hydrogen-bond acceptors (Lipinski definition) is 3. The molecule has 0 amide bonds. The summed E-state index contributed by atoms with van der Waals surface area (Å²) in [5.41, 5.74) is 6.99. The quantitative estimate of drug-likeness (QED) is 0.659. The Hall–Kier alpha value is -1.71. The predicted octanol–water partition coefficient (Wildman–Crippen LogP) is 1.79. The van der Waals surface area contributed by atoms with E-state index in [0.29, 0.717) is 17.6 Å². The molecule has 2 unspecified atom stereocenters. The van der Waals surface area contributed by atoms with Gasteiger partial charge in [-0.1, -0.05) is 6.92 Å². The average molecular weight is 206 g/mol. The fraction of sp³-hybridized carbons (Fsp3) is 0.364. The van der Waals surface area contributed by atoms with Crippen LogP contribution in [0.5, 0.6) is 0 Å². The zero-order valence-corrected chi connectivity index (χ0v) is 8.53. The fourth-order valence-electron chi connectivity index (χ4n) is 1.58. The van der Waals surface area contributed by atoms with Crippen molar-refractivity contribution in [2.75, 3.05) is 11.1 Å². The number of benzene rings is 1. The molecule has 0 aromatic heterocycles. The second kappa shape index (κ2) is 3.46. The standard InChI is InChI=1S/C11H14N2O2/c1-6-4-10(6)13-7-2-3-8(11(14)15)9(12)5-7/h2-3,5-6,10,13H,4,12H2,1H3,(H,14,15). The summed E-state index contributed by atoms with van der Waals surface area (Å²) in [6, 6.07) is 5.48. The van der Waals surface area contributed by atoms with E-state index in [4.69, 9.17) is 10.8 Å². The highest BCUT2D eigenvalue weighted by atomic mass is 16.4. The Balaban J connectivity index is 2.14. The largest absolute Gasteiger partial charge is 0.478 e. The van der Waals surface area contributed by atoms with Gasteiger partial charge in [0.15, 0.2) is 0 Å². The number of anilines is 2. The molecule has 2 atom stereocenters. The average Bonchev–Trinajstić information content (AvgIpc) is 2.81. The third-order valence-electron chi connectivity index (χ3n) is 2.74. The van der Waals surface area contributed by atoms with Crippen molar-refractivity contribution in [1.82, 2.24) is 0 Å². The molecule has 1 aliphatic carbocycles. The molecule has 4 nitrogen and oxygen atoms in total. The van der Waals surface area contributed by atoms with Gasteiger partial charge in [0.05, 0.1) is 5.56 Å². The topological polar surface area (TPSA) is 75.3 Å². The molecular weight excluding hydrogens is 192 g/mol. The molecule has 1 aromatic rings. The molecule has 0 bridgehead atoms. The fourth-order valence-corrected chi connectivity index (χ4v) is 1.58. The first-order valence-corrected chi connectivity index (χ1v) is 4.97. The zero-order valence-electron chi connectivity index (χ0n) is 8.53. The van der Waals surface area contributed by atoms with Crippen LogP contribution in [0.3, 0.4) is 0 Å². The number of nitrogens with one attached hydrogen (secondary N) is 1. The maximum absolute atomic E-state index is 10.7. The van der Waals surface area contributed by atoms with Gasteiger partial charge in [-0.3, -0.25) is 0 Å². The zero-order chi connectivity index (χ0) is 11.0. The summed E-state index contributed by atoms with van der Waals surface area (Å²) in [6.45, 7) is 2.17. The van der Waals surface area contributed by atoms with E-state index < -0.39 is 5.97 Å². The van der Waals surface area contributed by atoms with Gasteiger partial charge < -0.3 is 16.2 Å². The van der Waals surface area contributed by atoms with Crippen molar-refractivity contribution in [3.63, 3.8) is 0 Å². The highest BCUT2D eigenvalue weighted by molar-refractivity contribution is 5.94. The molecule has 2 rings (SSSR count). The summed E-state index contributed by atoms with van der Waals surface area (Å²) in [7, 11) is 0. The van der Waals surface area contributed by atoms with Crippen LogP contribution in [0, 0.1) is 5.92 Å². The van der Waals surface area contributed by atoms with Crippen molar-refractivity contribution in [3.8, 4) is 0 Å². The van der Waals surface area contributed by atoms with Gasteiger partial charge in [-0.2, -0.15) is 0 Å². The van der Waals surface area contributed by atoms with Crippen LogP contribution in [0.15, 0.2) is 18.2 Å². The van der Waals surface area contributed by atoms with Gasteiger partial charge in [0.25, 0.3) is 0 Å². The molecule has 1 aliphatic rings. The molecule has 0 radical (unpaired) electrons. The van der Waals surface area contributed by atoms with Crippen LogP contribution in [-0.2, 0) is 0 Å². The van der Waals surface area contributed by atoms with Crippen molar-refractivity contribution in [2.45, 2.75) is 19.4 Å². The third kappa shape index (κ3) is 2.03. The Morgan fingerprint density at radius 3 is 2.73 bits per heavy atom. The van der Waals surface area contributed by atoms with Crippen molar-refractivity contribution in [3.05, 3.63) is 23.8 Å². The molecule has 0 saturated heterocycles. The molecular formula is C11H14N2O2. The van der Waals surface area contributed by atoms with Crippen molar-refractivity contribution in [1.29, 1.82) is 0 Å². The number of carboxylic acids is 1. The second-order valence-corrected chi connectivity index (χ2v) is 4.07. The molecule has 0 spiro atoms.